The van der Waals surface area contributed by atoms with Crippen molar-refractivity contribution in [3.63, 3.8) is 0 Å². The van der Waals surface area contributed by atoms with Gasteiger partial charge in [-0.05, 0) is 37.7 Å². The Morgan fingerprint density at radius 2 is 2.17 bits per heavy atom. The molecule has 0 aliphatic heterocycles. The maximum Gasteiger partial charge on any atom is 0.310 e. The highest BCUT2D eigenvalue weighted by molar-refractivity contribution is 5.60. The average Bonchev–Trinajstić information content (AvgIpc) is 2.40. The zero-order valence-electron chi connectivity index (χ0n) is 10.6. The lowest BCUT2D eigenvalue weighted by atomic mass is 9.84. The lowest BCUT2D eigenvalue weighted by Gasteiger charge is -2.28. The van der Waals surface area contributed by atoms with Crippen molar-refractivity contribution in [1.82, 2.24) is 4.98 Å². The van der Waals surface area contributed by atoms with Gasteiger partial charge in [-0.15, -0.1) is 0 Å². The summed E-state index contributed by atoms with van der Waals surface area (Å²) in [6.07, 6.45) is 8.76. The van der Waals surface area contributed by atoms with Gasteiger partial charge in [-0.1, -0.05) is 13.3 Å². The minimum Gasteiger partial charge on any atom is -0.377 e. The van der Waals surface area contributed by atoms with Crippen molar-refractivity contribution in [3.05, 3.63) is 28.6 Å². The Labute approximate surface area is 107 Å². The van der Waals surface area contributed by atoms with E-state index < -0.39 is 0 Å². The maximum absolute atomic E-state index is 10.9. The van der Waals surface area contributed by atoms with E-state index in [-0.39, 0.29) is 10.6 Å². The summed E-state index contributed by atoms with van der Waals surface area (Å²) < 4.78 is 0. The fourth-order valence-electron chi connectivity index (χ4n) is 2.59. The van der Waals surface area contributed by atoms with E-state index in [1.54, 1.807) is 12.3 Å². The largest absolute Gasteiger partial charge is 0.377 e. The van der Waals surface area contributed by atoms with Gasteiger partial charge in [0, 0.05) is 12.2 Å². The predicted octanol–water partition coefficient (Wildman–Crippen LogP) is 3.37. The molecule has 1 heterocycles. The van der Waals surface area contributed by atoms with Crippen LogP contribution < -0.4 is 5.32 Å². The standard InChI is InChI=1S/C13H19N3O2/c1-2-10-3-5-11(6-4-10)15-12-7-8-14-9-13(12)16(17)18/h7-11H,2-6H2,1H3,(H,14,15). The highest BCUT2D eigenvalue weighted by atomic mass is 16.6. The molecule has 1 aromatic rings. The minimum atomic E-state index is -0.382. The van der Waals surface area contributed by atoms with E-state index in [1.165, 1.54) is 25.5 Å². The van der Waals surface area contributed by atoms with Crippen molar-refractivity contribution in [2.75, 3.05) is 5.32 Å². The normalized spacial score (nSPS) is 23.6. The Balaban J connectivity index is 2.00. The summed E-state index contributed by atoms with van der Waals surface area (Å²) in [6.45, 7) is 2.23. The van der Waals surface area contributed by atoms with Crippen LogP contribution in [-0.2, 0) is 0 Å². The second-order valence-electron chi connectivity index (χ2n) is 4.92. The molecule has 1 aliphatic carbocycles. The average molecular weight is 249 g/mol. The first-order valence-corrected chi connectivity index (χ1v) is 6.55. The molecule has 0 unspecified atom stereocenters. The maximum atomic E-state index is 10.9. The van der Waals surface area contributed by atoms with Crippen molar-refractivity contribution in [2.24, 2.45) is 5.92 Å². The molecule has 18 heavy (non-hydrogen) atoms. The molecule has 0 spiro atoms. The second-order valence-corrected chi connectivity index (χ2v) is 4.92. The molecule has 0 radical (unpaired) electrons. The molecule has 0 saturated heterocycles. The molecular formula is C13H19N3O2. The van der Waals surface area contributed by atoms with Crippen molar-refractivity contribution in [1.29, 1.82) is 0 Å². The molecule has 1 aromatic heterocycles. The number of rotatable bonds is 4. The molecule has 0 atom stereocenters. The van der Waals surface area contributed by atoms with Crippen molar-refractivity contribution in [3.8, 4) is 0 Å². The number of nitrogens with one attached hydrogen (secondary N) is 1. The molecule has 0 aromatic carbocycles. The van der Waals surface area contributed by atoms with E-state index in [4.69, 9.17) is 0 Å². The number of nitro groups is 1. The molecule has 1 fully saturated rings. The van der Waals surface area contributed by atoms with Gasteiger partial charge in [-0.3, -0.25) is 15.1 Å². The van der Waals surface area contributed by atoms with Crippen LogP contribution >= 0.6 is 0 Å². The van der Waals surface area contributed by atoms with Crippen LogP contribution in [0.3, 0.4) is 0 Å². The number of aromatic nitrogens is 1. The minimum absolute atomic E-state index is 0.0649. The fraction of sp³-hybridized carbons (Fsp3) is 0.615. The Morgan fingerprint density at radius 1 is 1.44 bits per heavy atom. The fourth-order valence-corrected chi connectivity index (χ4v) is 2.59. The summed E-state index contributed by atoms with van der Waals surface area (Å²) in [5, 5.41) is 14.2. The number of pyridine rings is 1. The zero-order valence-corrected chi connectivity index (χ0v) is 10.6. The summed E-state index contributed by atoms with van der Waals surface area (Å²) in [4.78, 5) is 14.3. The van der Waals surface area contributed by atoms with Crippen molar-refractivity contribution >= 4 is 11.4 Å². The van der Waals surface area contributed by atoms with Gasteiger partial charge in [0.25, 0.3) is 0 Å². The van der Waals surface area contributed by atoms with Crippen LogP contribution in [0.1, 0.15) is 39.0 Å². The molecule has 1 aliphatic rings. The van der Waals surface area contributed by atoms with Gasteiger partial charge in [0.2, 0.25) is 0 Å². The Hall–Kier alpha value is -1.65. The van der Waals surface area contributed by atoms with Crippen LogP contribution in [-0.4, -0.2) is 15.9 Å². The van der Waals surface area contributed by atoms with Crippen LogP contribution in [0.5, 0.6) is 0 Å². The van der Waals surface area contributed by atoms with Crippen LogP contribution in [0, 0.1) is 16.0 Å². The number of hydrogen-bond acceptors (Lipinski definition) is 4. The SMILES string of the molecule is CCC1CCC(Nc2ccncc2[N+](=O)[O-])CC1. The van der Waals surface area contributed by atoms with Crippen molar-refractivity contribution < 1.29 is 4.92 Å². The molecule has 98 valence electrons. The van der Waals surface area contributed by atoms with Crippen LogP contribution in [0.25, 0.3) is 0 Å². The summed E-state index contributed by atoms with van der Waals surface area (Å²) in [5.74, 6) is 0.829. The Kier molecular flexibility index (Phi) is 4.12. The van der Waals surface area contributed by atoms with E-state index in [2.05, 4.69) is 17.2 Å². The zero-order chi connectivity index (χ0) is 13.0. The Bertz CT molecular complexity index is 414. The molecule has 2 rings (SSSR count). The topological polar surface area (TPSA) is 68.1 Å². The Morgan fingerprint density at radius 3 is 2.78 bits per heavy atom. The van der Waals surface area contributed by atoms with Gasteiger partial charge in [0.05, 0.1) is 4.92 Å². The van der Waals surface area contributed by atoms with E-state index in [0.717, 1.165) is 18.8 Å². The van der Waals surface area contributed by atoms with Gasteiger partial charge in [0.15, 0.2) is 0 Å². The smallest absolute Gasteiger partial charge is 0.310 e. The first-order chi connectivity index (χ1) is 8.70. The monoisotopic (exact) mass is 249 g/mol. The van der Waals surface area contributed by atoms with Gasteiger partial charge in [-0.25, -0.2) is 0 Å². The van der Waals surface area contributed by atoms with E-state index in [9.17, 15) is 10.1 Å². The van der Waals surface area contributed by atoms with Gasteiger partial charge >= 0.3 is 5.69 Å². The number of nitrogens with zero attached hydrogens (tertiary/aromatic N) is 2. The molecule has 1 N–H and O–H groups in total. The van der Waals surface area contributed by atoms with Gasteiger partial charge in [0.1, 0.15) is 11.9 Å². The van der Waals surface area contributed by atoms with Crippen LogP contribution in [0.4, 0.5) is 11.4 Å². The lowest BCUT2D eigenvalue weighted by molar-refractivity contribution is -0.384. The van der Waals surface area contributed by atoms with E-state index in [1.807, 2.05) is 0 Å². The molecule has 0 amide bonds. The van der Waals surface area contributed by atoms with E-state index >= 15 is 0 Å². The predicted molar refractivity (Wildman–Crippen MR) is 70.6 cm³/mol. The van der Waals surface area contributed by atoms with Crippen LogP contribution in [0.15, 0.2) is 18.5 Å². The summed E-state index contributed by atoms with van der Waals surface area (Å²) in [6, 6.07) is 2.04. The molecule has 5 nitrogen and oxygen atoms in total. The van der Waals surface area contributed by atoms with Crippen molar-refractivity contribution in [2.45, 2.75) is 45.1 Å². The highest BCUT2D eigenvalue weighted by Gasteiger charge is 2.22. The quantitative estimate of drug-likeness (QED) is 0.656. The van der Waals surface area contributed by atoms with Gasteiger partial charge < -0.3 is 5.32 Å². The molecule has 5 heteroatoms. The summed E-state index contributed by atoms with van der Waals surface area (Å²) >= 11 is 0. The lowest BCUT2D eigenvalue weighted by Crippen LogP contribution is -2.26. The third kappa shape index (κ3) is 2.97. The van der Waals surface area contributed by atoms with Gasteiger partial charge in [-0.2, -0.15) is 0 Å². The highest BCUT2D eigenvalue weighted by Crippen LogP contribution is 2.30. The van der Waals surface area contributed by atoms with Crippen LogP contribution in [0.2, 0.25) is 0 Å². The first-order valence-electron chi connectivity index (χ1n) is 6.55. The van der Waals surface area contributed by atoms with E-state index in [0.29, 0.717) is 11.7 Å². The molecular weight excluding hydrogens is 230 g/mol. The molecule has 1 saturated carbocycles. The third-order valence-electron chi connectivity index (χ3n) is 3.78. The summed E-state index contributed by atoms with van der Waals surface area (Å²) in [7, 11) is 0. The number of hydrogen-bond donors (Lipinski definition) is 1. The first kappa shape index (κ1) is 12.8. The molecule has 0 bridgehead atoms. The summed E-state index contributed by atoms with van der Waals surface area (Å²) in [5.41, 5.74) is 0.657. The second kappa shape index (κ2) is 5.80. The number of anilines is 1. The third-order valence-corrected chi connectivity index (χ3v) is 3.78.